The van der Waals surface area contributed by atoms with Gasteiger partial charge in [0.05, 0.1) is 20.1 Å². The fourth-order valence-corrected chi connectivity index (χ4v) is 3.14. The second-order valence-electron chi connectivity index (χ2n) is 7.10. The first-order chi connectivity index (χ1) is 12.8. The van der Waals surface area contributed by atoms with Gasteiger partial charge in [0.1, 0.15) is 5.75 Å². The number of carbonyl (C=O) groups is 1. The summed E-state index contributed by atoms with van der Waals surface area (Å²) in [5, 5.41) is 0. The van der Waals surface area contributed by atoms with Crippen molar-refractivity contribution < 1.29 is 14.3 Å². The van der Waals surface area contributed by atoms with Crippen LogP contribution in [0.3, 0.4) is 0 Å². The number of methoxy groups -OCH3 is 1. The minimum atomic E-state index is -0.230. The van der Waals surface area contributed by atoms with Crippen molar-refractivity contribution in [3.63, 3.8) is 0 Å². The topological polar surface area (TPSA) is 35.5 Å². The van der Waals surface area contributed by atoms with Crippen molar-refractivity contribution in [2.75, 3.05) is 13.7 Å². The highest BCUT2D eigenvalue weighted by Crippen LogP contribution is 2.19. The van der Waals surface area contributed by atoms with Crippen molar-refractivity contribution in [1.82, 2.24) is 0 Å². The van der Waals surface area contributed by atoms with Gasteiger partial charge in [0.15, 0.2) is 0 Å². The van der Waals surface area contributed by atoms with Crippen molar-refractivity contribution >= 4 is 5.97 Å². The highest BCUT2D eigenvalue weighted by atomic mass is 16.5. The monoisotopic (exact) mass is 362 g/mol. The molecule has 0 aliphatic heterocycles. The first-order valence-electron chi connectivity index (χ1n) is 10.6. The van der Waals surface area contributed by atoms with Crippen LogP contribution in [0.4, 0.5) is 0 Å². The summed E-state index contributed by atoms with van der Waals surface area (Å²) < 4.78 is 10.6. The SMILES string of the molecule is CCCCCCCCCCCCCCOc1ccccc1CC(=O)OC. The molecule has 0 fully saturated rings. The summed E-state index contributed by atoms with van der Waals surface area (Å²) >= 11 is 0. The first kappa shape index (κ1) is 22.5. The zero-order valence-corrected chi connectivity index (χ0v) is 16.9. The molecule has 0 bridgehead atoms. The molecule has 0 N–H and O–H groups in total. The van der Waals surface area contributed by atoms with Crippen molar-refractivity contribution in [1.29, 1.82) is 0 Å². The minimum absolute atomic E-state index is 0.230. The van der Waals surface area contributed by atoms with Crippen molar-refractivity contribution in [2.45, 2.75) is 90.4 Å². The van der Waals surface area contributed by atoms with E-state index in [1.165, 1.54) is 77.7 Å². The fraction of sp³-hybridized carbons (Fsp3) is 0.696. The molecule has 0 aromatic heterocycles. The Kier molecular flexibility index (Phi) is 13.6. The second kappa shape index (κ2) is 15.7. The van der Waals surface area contributed by atoms with E-state index in [9.17, 15) is 4.79 Å². The van der Waals surface area contributed by atoms with Crippen molar-refractivity contribution in [3.05, 3.63) is 29.8 Å². The fourth-order valence-electron chi connectivity index (χ4n) is 3.14. The van der Waals surface area contributed by atoms with Crippen LogP contribution in [0.2, 0.25) is 0 Å². The molecule has 26 heavy (non-hydrogen) atoms. The van der Waals surface area contributed by atoms with Crippen LogP contribution in [-0.4, -0.2) is 19.7 Å². The van der Waals surface area contributed by atoms with Crippen LogP contribution in [-0.2, 0) is 16.0 Å². The molecule has 0 aliphatic carbocycles. The zero-order valence-electron chi connectivity index (χ0n) is 16.9. The number of benzene rings is 1. The number of ether oxygens (including phenoxy) is 2. The average Bonchev–Trinajstić information content (AvgIpc) is 2.66. The van der Waals surface area contributed by atoms with Gasteiger partial charge in [-0.3, -0.25) is 4.79 Å². The molecule has 0 saturated heterocycles. The predicted octanol–water partition coefficient (Wildman–Crippen LogP) is 6.48. The third-order valence-electron chi connectivity index (χ3n) is 4.79. The lowest BCUT2D eigenvalue weighted by molar-refractivity contribution is -0.139. The number of unbranched alkanes of at least 4 members (excludes halogenated alkanes) is 11. The quantitative estimate of drug-likeness (QED) is 0.249. The van der Waals surface area contributed by atoms with Gasteiger partial charge in [0.2, 0.25) is 0 Å². The molecule has 1 aromatic rings. The van der Waals surface area contributed by atoms with Gasteiger partial charge in [-0.2, -0.15) is 0 Å². The van der Waals surface area contributed by atoms with Crippen molar-refractivity contribution in [3.8, 4) is 5.75 Å². The van der Waals surface area contributed by atoms with Crippen molar-refractivity contribution in [2.24, 2.45) is 0 Å². The molecule has 0 spiro atoms. The van der Waals surface area contributed by atoms with E-state index < -0.39 is 0 Å². The van der Waals surface area contributed by atoms with Crippen LogP contribution in [0.25, 0.3) is 0 Å². The van der Waals surface area contributed by atoms with Gasteiger partial charge in [0.25, 0.3) is 0 Å². The highest BCUT2D eigenvalue weighted by Gasteiger charge is 2.08. The summed E-state index contributed by atoms with van der Waals surface area (Å²) in [7, 11) is 1.41. The maximum absolute atomic E-state index is 11.4. The molecule has 1 aromatic carbocycles. The number of esters is 1. The summed E-state index contributed by atoms with van der Waals surface area (Å²) in [6.45, 7) is 2.99. The summed E-state index contributed by atoms with van der Waals surface area (Å²) in [6, 6.07) is 7.72. The standard InChI is InChI=1S/C23H38O3/c1-3-4-5-6-7-8-9-10-11-12-13-16-19-26-22-18-15-14-17-21(22)20-23(24)25-2/h14-15,17-18H,3-13,16,19-20H2,1-2H3. The molecule has 0 saturated carbocycles. The Labute approximate surface area is 160 Å². The Balaban J connectivity index is 2.00. The average molecular weight is 363 g/mol. The number of hydrogen-bond donors (Lipinski definition) is 0. The molecule has 0 unspecified atom stereocenters. The van der Waals surface area contributed by atoms with E-state index in [1.54, 1.807) is 0 Å². The van der Waals surface area contributed by atoms with Crippen LogP contribution in [0.1, 0.15) is 89.5 Å². The molecular formula is C23H38O3. The lowest BCUT2D eigenvalue weighted by atomic mass is 10.1. The van der Waals surface area contributed by atoms with Gasteiger partial charge in [-0.15, -0.1) is 0 Å². The van der Waals surface area contributed by atoms with Gasteiger partial charge in [-0.05, 0) is 12.5 Å². The molecule has 148 valence electrons. The maximum atomic E-state index is 11.4. The largest absolute Gasteiger partial charge is 0.493 e. The Morgan fingerprint density at radius 2 is 1.35 bits per heavy atom. The van der Waals surface area contributed by atoms with Gasteiger partial charge in [-0.1, -0.05) is 95.8 Å². The van der Waals surface area contributed by atoms with Crippen LogP contribution >= 0.6 is 0 Å². The Bertz CT molecular complexity index is 470. The molecule has 0 amide bonds. The normalized spacial score (nSPS) is 10.7. The zero-order chi connectivity index (χ0) is 18.9. The summed E-state index contributed by atoms with van der Waals surface area (Å²) in [5.74, 6) is 0.576. The number of rotatable bonds is 16. The van der Waals surface area contributed by atoms with Crippen LogP contribution < -0.4 is 4.74 Å². The van der Waals surface area contributed by atoms with Gasteiger partial charge < -0.3 is 9.47 Å². The van der Waals surface area contributed by atoms with Crippen LogP contribution in [0.15, 0.2) is 24.3 Å². The predicted molar refractivity (Wildman–Crippen MR) is 109 cm³/mol. The first-order valence-corrected chi connectivity index (χ1v) is 10.6. The Hall–Kier alpha value is -1.51. The minimum Gasteiger partial charge on any atom is -0.493 e. The molecule has 1 rings (SSSR count). The van der Waals surface area contributed by atoms with E-state index in [0.717, 1.165) is 24.3 Å². The summed E-state index contributed by atoms with van der Waals surface area (Å²) in [4.78, 5) is 11.4. The van der Waals surface area contributed by atoms with Gasteiger partial charge in [-0.25, -0.2) is 0 Å². The second-order valence-corrected chi connectivity index (χ2v) is 7.10. The van der Waals surface area contributed by atoms with Gasteiger partial charge in [0, 0.05) is 5.56 Å². The molecule has 0 heterocycles. The molecule has 3 heteroatoms. The van der Waals surface area contributed by atoms with E-state index >= 15 is 0 Å². The molecule has 0 atom stereocenters. The maximum Gasteiger partial charge on any atom is 0.310 e. The van der Waals surface area contributed by atoms with E-state index in [4.69, 9.17) is 9.47 Å². The Morgan fingerprint density at radius 1 is 0.808 bits per heavy atom. The number of para-hydroxylation sites is 1. The van der Waals surface area contributed by atoms with E-state index in [-0.39, 0.29) is 12.4 Å². The molecular weight excluding hydrogens is 324 g/mol. The Morgan fingerprint density at radius 3 is 1.92 bits per heavy atom. The lowest BCUT2D eigenvalue weighted by Crippen LogP contribution is -2.07. The smallest absolute Gasteiger partial charge is 0.310 e. The summed E-state index contributed by atoms with van der Waals surface area (Å²) in [5.41, 5.74) is 0.901. The van der Waals surface area contributed by atoms with Crippen LogP contribution in [0.5, 0.6) is 5.75 Å². The molecule has 0 radical (unpaired) electrons. The summed E-state index contributed by atoms with van der Waals surface area (Å²) in [6.07, 6.45) is 16.3. The van der Waals surface area contributed by atoms with E-state index in [1.807, 2.05) is 24.3 Å². The number of hydrogen-bond acceptors (Lipinski definition) is 3. The number of carbonyl (C=O) groups excluding carboxylic acids is 1. The van der Waals surface area contributed by atoms with Gasteiger partial charge >= 0.3 is 5.97 Å². The lowest BCUT2D eigenvalue weighted by Gasteiger charge is -2.10. The van der Waals surface area contributed by atoms with E-state index in [2.05, 4.69) is 6.92 Å². The molecule has 0 aliphatic rings. The third kappa shape index (κ3) is 11.2. The van der Waals surface area contributed by atoms with E-state index in [0.29, 0.717) is 0 Å². The van der Waals surface area contributed by atoms with Crippen LogP contribution in [0, 0.1) is 0 Å². The molecule has 3 nitrogen and oxygen atoms in total. The highest BCUT2D eigenvalue weighted by molar-refractivity contribution is 5.73. The third-order valence-corrected chi connectivity index (χ3v) is 4.79.